The van der Waals surface area contributed by atoms with E-state index in [1.165, 1.54) is 6.08 Å². The van der Waals surface area contributed by atoms with Gasteiger partial charge in [0.2, 0.25) is 10.0 Å². The molecule has 0 fully saturated rings. The smallest absolute Gasteiger partial charge is 0.215 e. The van der Waals surface area contributed by atoms with Gasteiger partial charge in [-0.05, 0) is 6.42 Å². The van der Waals surface area contributed by atoms with E-state index in [1.54, 1.807) is 0 Å². The third kappa shape index (κ3) is 6.06. The second-order valence-corrected chi connectivity index (χ2v) is 4.17. The summed E-state index contributed by atoms with van der Waals surface area (Å²) in [7, 11) is -3.07. The Morgan fingerprint density at radius 2 is 2.18 bits per heavy atom. The van der Waals surface area contributed by atoms with Gasteiger partial charge >= 0.3 is 0 Å². The molecule has 0 bridgehead atoms. The fourth-order valence-corrected chi connectivity index (χ4v) is 1.50. The molecule has 0 radical (unpaired) electrons. The van der Waals surface area contributed by atoms with Gasteiger partial charge in [0.15, 0.2) is 0 Å². The molecule has 4 heteroatoms. The minimum atomic E-state index is -3.07. The summed E-state index contributed by atoms with van der Waals surface area (Å²) >= 11 is 0. The van der Waals surface area contributed by atoms with E-state index < -0.39 is 10.0 Å². The molecular formula is C7H15NO2S. The molecule has 0 spiro atoms. The predicted octanol–water partition coefficient (Wildman–Crippen LogP) is 0.892. The van der Waals surface area contributed by atoms with E-state index in [9.17, 15) is 8.42 Å². The lowest BCUT2D eigenvalue weighted by Crippen LogP contribution is -2.26. The molecule has 0 amide bonds. The average Bonchev–Trinajstić information content (AvgIpc) is 1.87. The molecule has 0 aliphatic heterocycles. The first-order chi connectivity index (χ1) is 5.12. The number of rotatable bonds is 6. The maximum absolute atomic E-state index is 10.9. The van der Waals surface area contributed by atoms with Crippen molar-refractivity contribution in [2.75, 3.05) is 12.3 Å². The Morgan fingerprint density at radius 3 is 2.64 bits per heavy atom. The van der Waals surface area contributed by atoms with E-state index in [0.29, 0.717) is 6.54 Å². The molecule has 0 aromatic carbocycles. The van der Waals surface area contributed by atoms with Crippen LogP contribution < -0.4 is 4.72 Å². The van der Waals surface area contributed by atoms with Crippen molar-refractivity contribution < 1.29 is 8.42 Å². The van der Waals surface area contributed by atoms with Gasteiger partial charge in [-0.2, -0.15) is 0 Å². The van der Waals surface area contributed by atoms with E-state index in [0.717, 1.165) is 12.8 Å². The van der Waals surface area contributed by atoms with Crippen LogP contribution in [0.1, 0.15) is 19.8 Å². The van der Waals surface area contributed by atoms with E-state index >= 15 is 0 Å². The lowest BCUT2D eigenvalue weighted by atomic mass is 10.3. The Hall–Kier alpha value is -0.350. The molecule has 0 aliphatic carbocycles. The zero-order valence-corrected chi connectivity index (χ0v) is 7.65. The molecule has 0 saturated carbocycles. The number of hydrogen-bond acceptors (Lipinski definition) is 2. The van der Waals surface area contributed by atoms with E-state index in [4.69, 9.17) is 0 Å². The standard InChI is InChI=1S/C7H15NO2S/c1-3-5-6-8-11(9,10)7-4-2/h4,8H,2-3,5-7H2,1H3. The summed E-state index contributed by atoms with van der Waals surface area (Å²) in [6.07, 6.45) is 3.27. The van der Waals surface area contributed by atoms with Crippen LogP contribution in [0, 0.1) is 0 Å². The van der Waals surface area contributed by atoms with Crippen molar-refractivity contribution in [2.45, 2.75) is 19.8 Å². The molecule has 0 aliphatic rings. The summed E-state index contributed by atoms with van der Waals surface area (Å²) in [5.41, 5.74) is 0. The molecule has 0 unspecified atom stereocenters. The Kier molecular flexibility index (Phi) is 5.15. The van der Waals surface area contributed by atoms with Gasteiger partial charge < -0.3 is 0 Å². The lowest BCUT2D eigenvalue weighted by Gasteiger charge is -2.01. The van der Waals surface area contributed by atoms with Crippen LogP contribution in [-0.2, 0) is 10.0 Å². The number of unbranched alkanes of at least 4 members (excludes halogenated alkanes) is 1. The Balaban J connectivity index is 3.65. The normalized spacial score (nSPS) is 11.4. The molecule has 3 nitrogen and oxygen atoms in total. The summed E-state index contributed by atoms with van der Waals surface area (Å²) in [5.74, 6) is 0.0106. The van der Waals surface area contributed by atoms with Crippen LogP contribution in [0.4, 0.5) is 0 Å². The molecule has 1 N–H and O–H groups in total. The zero-order valence-electron chi connectivity index (χ0n) is 6.84. The highest BCUT2D eigenvalue weighted by molar-refractivity contribution is 7.89. The molecule has 0 heterocycles. The Labute approximate surface area is 68.5 Å². The van der Waals surface area contributed by atoms with Crippen LogP contribution >= 0.6 is 0 Å². The molecule has 0 atom stereocenters. The second-order valence-electron chi connectivity index (χ2n) is 2.32. The monoisotopic (exact) mass is 177 g/mol. The van der Waals surface area contributed by atoms with Gasteiger partial charge in [-0.25, -0.2) is 13.1 Å². The highest BCUT2D eigenvalue weighted by Gasteiger charge is 2.04. The van der Waals surface area contributed by atoms with Gasteiger partial charge in [0.05, 0.1) is 5.75 Å². The van der Waals surface area contributed by atoms with Crippen LogP contribution in [0.25, 0.3) is 0 Å². The topological polar surface area (TPSA) is 46.2 Å². The van der Waals surface area contributed by atoms with Crippen molar-refractivity contribution in [3.8, 4) is 0 Å². The Bertz CT molecular complexity index is 196. The van der Waals surface area contributed by atoms with E-state index in [2.05, 4.69) is 11.3 Å². The van der Waals surface area contributed by atoms with Gasteiger partial charge in [0.1, 0.15) is 0 Å². The van der Waals surface area contributed by atoms with E-state index in [-0.39, 0.29) is 5.75 Å². The van der Waals surface area contributed by atoms with Crippen molar-refractivity contribution >= 4 is 10.0 Å². The highest BCUT2D eigenvalue weighted by Crippen LogP contribution is 1.87. The number of nitrogens with one attached hydrogen (secondary N) is 1. The van der Waals surface area contributed by atoms with Gasteiger partial charge in [-0.1, -0.05) is 19.4 Å². The lowest BCUT2D eigenvalue weighted by molar-refractivity contribution is 0.581. The van der Waals surface area contributed by atoms with Crippen molar-refractivity contribution in [3.63, 3.8) is 0 Å². The summed E-state index contributed by atoms with van der Waals surface area (Å²) < 4.78 is 24.3. The van der Waals surface area contributed by atoms with Crippen LogP contribution in [0.2, 0.25) is 0 Å². The molecule has 0 saturated heterocycles. The van der Waals surface area contributed by atoms with Crippen LogP contribution in [-0.4, -0.2) is 20.7 Å². The second kappa shape index (κ2) is 5.32. The van der Waals surface area contributed by atoms with Gasteiger partial charge in [0, 0.05) is 6.54 Å². The minimum Gasteiger partial charge on any atom is -0.215 e. The van der Waals surface area contributed by atoms with Gasteiger partial charge in [0.25, 0.3) is 0 Å². The third-order valence-electron chi connectivity index (χ3n) is 1.19. The van der Waals surface area contributed by atoms with E-state index in [1.807, 2.05) is 6.92 Å². The van der Waals surface area contributed by atoms with Crippen molar-refractivity contribution in [1.82, 2.24) is 4.72 Å². The summed E-state index contributed by atoms with van der Waals surface area (Å²) in [6, 6.07) is 0. The molecule has 0 rings (SSSR count). The van der Waals surface area contributed by atoms with Crippen LogP contribution in [0.3, 0.4) is 0 Å². The fraction of sp³-hybridized carbons (Fsp3) is 0.714. The largest absolute Gasteiger partial charge is 0.215 e. The van der Waals surface area contributed by atoms with Gasteiger partial charge in [-0.15, -0.1) is 6.58 Å². The van der Waals surface area contributed by atoms with Crippen LogP contribution in [0.15, 0.2) is 12.7 Å². The first kappa shape index (κ1) is 10.7. The molecule has 0 aromatic heterocycles. The SMILES string of the molecule is C=CCS(=O)(=O)NCCCC. The molecule has 11 heavy (non-hydrogen) atoms. The molecular weight excluding hydrogens is 162 g/mol. The Morgan fingerprint density at radius 1 is 1.55 bits per heavy atom. The maximum Gasteiger partial charge on any atom is 0.215 e. The molecule has 66 valence electrons. The number of sulfonamides is 1. The van der Waals surface area contributed by atoms with Crippen molar-refractivity contribution in [3.05, 3.63) is 12.7 Å². The maximum atomic E-state index is 10.9. The highest BCUT2D eigenvalue weighted by atomic mass is 32.2. The summed E-state index contributed by atoms with van der Waals surface area (Å²) in [6.45, 7) is 5.91. The third-order valence-corrected chi connectivity index (χ3v) is 2.51. The minimum absolute atomic E-state index is 0.0106. The summed E-state index contributed by atoms with van der Waals surface area (Å²) in [5, 5.41) is 0. The first-order valence-electron chi connectivity index (χ1n) is 3.70. The summed E-state index contributed by atoms with van der Waals surface area (Å²) in [4.78, 5) is 0. The predicted molar refractivity (Wildman–Crippen MR) is 46.9 cm³/mol. The van der Waals surface area contributed by atoms with Crippen molar-refractivity contribution in [2.24, 2.45) is 0 Å². The van der Waals surface area contributed by atoms with Gasteiger partial charge in [-0.3, -0.25) is 0 Å². The first-order valence-corrected chi connectivity index (χ1v) is 5.36. The molecule has 0 aromatic rings. The fourth-order valence-electron chi connectivity index (χ4n) is 0.619. The number of hydrogen-bond donors (Lipinski definition) is 1. The van der Waals surface area contributed by atoms with Crippen molar-refractivity contribution in [1.29, 1.82) is 0 Å². The van der Waals surface area contributed by atoms with Crippen LogP contribution in [0.5, 0.6) is 0 Å². The zero-order chi connectivity index (χ0) is 8.74. The average molecular weight is 177 g/mol. The quantitative estimate of drug-likeness (QED) is 0.484.